The van der Waals surface area contributed by atoms with E-state index in [1.807, 2.05) is 6.07 Å². The number of carbonyl (C=O) groups excluding carboxylic acids is 1. The van der Waals surface area contributed by atoms with Gasteiger partial charge in [0.1, 0.15) is 5.75 Å². The fraction of sp³-hybridized carbons (Fsp3) is 0.533. The van der Waals surface area contributed by atoms with Gasteiger partial charge in [-0.05, 0) is 24.1 Å². The molecule has 1 aromatic rings. The smallest absolute Gasteiger partial charge is 0.227 e. The molecule has 1 amide bonds. The predicted molar refractivity (Wildman–Crippen MR) is 72.3 cm³/mol. The Morgan fingerprint density at radius 1 is 1.35 bits per heavy atom. The number of hydrogen-bond acceptors (Lipinski definition) is 4. The molecule has 2 heterocycles. The quantitative estimate of drug-likeness (QED) is 0.885. The van der Waals surface area contributed by atoms with Crippen molar-refractivity contribution in [3.05, 3.63) is 29.8 Å². The molecule has 0 aromatic heterocycles. The molecule has 0 aliphatic carbocycles. The van der Waals surface area contributed by atoms with Crippen molar-refractivity contribution < 1.29 is 19.4 Å². The van der Waals surface area contributed by atoms with Gasteiger partial charge in [0.2, 0.25) is 5.91 Å². The first kappa shape index (κ1) is 13.4. The molecule has 1 N–H and O–H groups in total. The Balaban J connectivity index is 1.65. The largest absolute Gasteiger partial charge is 0.508 e. The third-order valence-electron chi connectivity index (χ3n) is 3.85. The maximum Gasteiger partial charge on any atom is 0.227 e. The summed E-state index contributed by atoms with van der Waals surface area (Å²) >= 11 is 0. The maximum atomic E-state index is 12.4. The number of hydrogen-bond donors (Lipinski definition) is 1. The van der Waals surface area contributed by atoms with E-state index < -0.39 is 5.79 Å². The summed E-state index contributed by atoms with van der Waals surface area (Å²) in [5.74, 6) is -0.339. The molecule has 2 aliphatic heterocycles. The zero-order valence-electron chi connectivity index (χ0n) is 11.4. The van der Waals surface area contributed by atoms with Gasteiger partial charge >= 0.3 is 0 Å². The second-order valence-electron chi connectivity index (χ2n) is 5.37. The van der Waals surface area contributed by atoms with Crippen molar-refractivity contribution in [2.75, 3.05) is 26.3 Å². The predicted octanol–water partition coefficient (Wildman–Crippen LogP) is 1.30. The lowest BCUT2D eigenvalue weighted by Crippen LogP contribution is -2.51. The van der Waals surface area contributed by atoms with Crippen LogP contribution in [0, 0.1) is 0 Å². The lowest BCUT2D eigenvalue weighted by atomic mass is 10.0. The summed E-state index contributed by atoms with van der Waals surface area (Å²) < 4.78 is 11.4. The van der Waals surface area contributed by atoms with Crippen LogP contribution in [0.25, 0.3) is 0 Å². The molecular weight excluding hydrogens is 258 g/mol. The Morgan fingerprint density at radius 2 is 2.15 bits per heavy atom. The first-order valence-corrected chi connectivity index (χ1v) is 7.00. The lowest BCUT2D eigenvalue weighted by Gasteiger charge is -2.38. The number of rotatable bonds is 2. The first-order valence-electron chi connectivity index (χ1n) is 7.00. The van der Waals surface area contributed by atoms with E-state index in [0.717, 1.165) is 24.9 Å². The number of nitrogens with zero attached hydrogens (tertiary/aromatic N) is 1. The van der Waals surface area contributed by atoms with Crippen LogP contribution >= 0.6 is 0 Å². The van der Waals surface area contributed by atoms with Gasteiger partial charge in [0, 0.05) is 13.0 Å². The van der Waals surface area contributed by atoms with Gasteiger partial charge in [-0.25, -0.2) is 0 Å². The molecule has 0 unspecified atom stereocenters. The number of phenolic OH excluding ortho intramolecular Hbond substituents is 1. The van der Waals surface area contributed by atoms with Crippen LogP contribution in [-0.4, -0.2) is 48.0 Å². The maximum absolute atomic E-state index is 12.4. The van der Waals surface area contributed by atoms with E-state index in [4.69, 9.17) is 9.47 Å². The molecule has 20 heavy (non-hydrogen) atoms. The van der Waals surface area contributed by atoms with Gasteiger partial charge in [-0.15, -0.1) is 0 Å². The molecule has 2 fully saturated rings. The van der Waals surface area contributed by atoms with Gasteiger partial charge in [-0.1, -0.05) is 12.1 Å². The van der Waals surface area contributed by atoms with Gasteiger partial charge in [0.05, 0.1) is 26.2 Å². The number of carbonyl (C=O) groups is 1. The van der Waals surface area contributed by atoms with Crippen molar-refractivity contribution in [1.29, 1.82) is 0 Å². The van der Waals surface area contributed by atoms with Crippen LogP contribution < -0.4 is 0 Å². The van der Waals surface area contributed by atoms with Crippen molar-refractivity contribution in [2.45, 2.75) is 25.0 Å². The summed E-state index contributed by atoms with van der Waals surface area (Å²) in [4.78, 5) is 14.2. The van der Waals surface area contributed by atoms with E-state index in [-0.39, 0.29) is 11.7 Å². The van der Waals surface area contributed by atoms with Crippen molar-refractivity contribution in [3.8, 4) is 5.75 Å². The SMILES string of the molecule is O=C(Cc1cccc(O)c1)N1CCCC2(C1)OCCO2. The fourth-order valence-corrected chi connectivity index (χ4v) is 2.89. The third kappa shape index (κ3) is 2.78. The molecule has 0 radical (unpaired) electrons. The van der Waals surface area contributed by atoms with E-state index in [9.17, 15) is 9.90 Å². The molecule has 0 saturated carbocycles. The minimum Gasteiger partial charge on any atom is -0.508 e. The van der Waals surface area contributed by atoms with Crippen LogP contribution in [0.2, 0.25) is 0 Å². The number of amides is 1. The number of piperidine rings is 1. The van der Waals surface area contributed by atoms with Crippen molar-refractivity contribution in [3.63, 3.8) is 0 Å². The molecule has 1 spiro atoms. The van der Waals surface area contributed by atoms with Gasteiger partial charge in [-0.3, -0.25) is 4.79 Å². The van der Waals surface area contributed by atoms with E-state index >= 15 is 0 Å². The van der Waals surface area contributed by atoms with Crippen molar-refractivity contribution in [1.82, 2.24) is 4.90 Å². The molecule has 0 atom stereocenters. The molecule has 5 nitrogen and oxygen atoms in total. The average molecular weight is 277 g/mol. The monoisotopic (exact) mass is 277 g/mol. The standard InChI is InChI=1S/C15H19NO4/c17-13-4-1-3-12(9-13)10-14(18)16-6-2-5-15(11-16)19-7-8-20-15/h1,3-4,9,17H,2,5-8,10-11H2. The lowest BCUT2D eigenvalue weighted by molar-refractivity contribution is -0.192. The highest BCUT2D eigenvalue weighted by Gasteiger charge is 2.41. The normalized spacial score (nSPS) is 21.3. The van der Waals surface area contributed by atoms with Gasteiger partial charge in [0.25, 0.3) is 0 Å². The Hall–Kier alpha value is -1.59. The summed E-state index contributed by atoms with van der Waals surface area (Å²) in [6.07, 6.45) is 2.04. The second-order valence-corrected chi connectivity index (χ2v) is 5.37. The van der Waals surface area contributed by atoms with Crippen molar-refractivity contribution in [2.24, 2.45) is 0 Å². The van der Waals surface area contributed by atoms with E-state index in [2.05, 4.69) is 0 Å². The summed E-state index contributed by atoms with van der Waals surface area (Å²) in [6.45, 7) is 2.46. The van der Waals surface area contributed by atoms with E-state index in [1.54, 1.807) is 23.1 Å². The number of benzene rings is 1. The minimum atomic E-state index is -0.577. The van der Waals surface area contributed by atoms with Gasteiger partial charge < -0.3 is 19.5 Å². The summed E-state index contributed by atoms with van der Waals surface area (Å²) in [5, 5.41) is 9.44. The molecule has 0 bridgehead atoms. The first-order chi connectivity index (χ1) is 9.67. The van der Waals surface area contributed by atoms with Crippen molar-refractivity contribution >= 4 is 5.91 Å². The Kier molecular flexibility index (Phi) is 3.63. The van der Waals surface area contributed by atoms with Crippen LogP contribution in [0.3, 0.4) is 0 Å². The number of ether oxygens (including phenoxy) is 2. The molecule has 2 aliphatic rings. The highest BCUT2D eigenvalue weighted by atomic mass is 16.7. The number of aromatic hydroxyl groups is 1. The molecular formula is C15H19NO4. The van der Waals surface area contributed by atoms with E-state index in [0.29, 0.717) is 26.2 Å². The van der Waals surface area contributed by atoms with Crippen LogP contribution in [0.4, 0.5) is 0 Å². The number of likely N-dealkylation sites (tertiary alicyclic amines) is 1. The summed E-state index contributed by atoms with van der Waals surface area (Å²) in [7, 11) is 0. The Morgan fingerprint density at radius 3 is 2.90 bits per heavy atom. The minimum absolute atomic E-state index is 0.0498. The molecule has 5 heteroatoms. The van der Waals surface area contributed by atoms with Crippen LogP contribution in [0.5, 0.6) is 5.75 Å². The fourth-order valence-electron chi connectivity index (χ4n) is 2.89. The highest BCUT2D eigenvalue weighted by molar-refractivity contribution is 5.79. The van der Waals surface area contributed by atoms with Crippen LogP contribution in [0.1, 0.15) is 18.4 Å². The van der Waals surface area contributed by atoms with E-state index in [1.165, 1.54) is 0 Å². The second kappa shape index (κ2) is 5.42. The number of phenols is 1. The Labute approximate surface area is 118 Å². The summed E-state index contributed by atoms with van der Waals surface area (Å²) in [5.41, 5.74) is 0.822. The zero-order chi connectivity index (χ0) is 14.0. The topological polar surface area (TPSA) is 59.0 Å². The summed E-state index contributed by atoms with van der Waals surface area (Å²) in [6, 6.07) is 6.82. The zero-order valence-corrected chi connectivity index (χ0v) is 11.4. The highest BCUT2D eigenvalue weighted by Crippen LogP contribution is 2.30. The third-order valence-corrected chi connectivity index (χ3v) is 3.85. The molecule has 1 aromatic carbocycles. The Bertz CT molecular complexity index is 496. The van der Waals surface area contributed by atoms with Gasteiger partial charge in [-0.2, -0.15) is 0 Å². The average Bonchev–Trinajstić information content (AvgIpc) is 2.87. The molecule has 2 saturated heterocycles. The molecule has 108 valence electrons. The van der Waals surface area contributed by atoms with Gasteiger partial charge in [0.15, 0.2) is 5.79 Å². The molecule has 3 rings (SSSR count). The van der Waals surface area contributed by atoms with Crippen LogP contribution in [0.15, 0.2) is 24.3 Å². The van der Waals surface area contributed by atoms with Crippen LogP contribution in [-0.2, 0) is 20.7 Å².